The first kappa shape index (κ1) is 19.6. The average molecular weight is 402 g/mol. The number of hydrogen-bond donors (Lipinski definition) is 0. The van der Waals surface area contributed by atoms with E-state index in [4.69, 9.17) is 0 Å². The van der Waals surface area contributed by atoms with Crippen LogP contribution in [0.5, 0.6) is 0 Å². The van der Waals surface area contributed by atoms with Crippen molar-refractivity contribution < 1.29 is 22.0 Å². The molecule has 1 aliphatic carbocycles. The van der Waals surface area contributed by atoms with Gasteiger partial charge in [-0.05, 0) is 77.6 Å². The lowest BCUT2D eigenvalue weighted by atomic mass is 9.78. The predicted octanol–water partition coefficient (Wildman–Crippen LogP) is 6.88. The fraction of sp³-hybridized carbons (Fsp3) is 0.250. The molecule has 0 nitrogen and oxygen atoms in total. The topological polar surface area (TPSA) is 0 Å². The van der Waals surface area contributed by atoms with E-state index in [1.54, 1.807) is 6.07 Å². The number of rotatable bonds is 3. The van der Waals surface area contributed by atoms with E-state index in [0.29, 0.717) is 18.4 Å². The van der Waals surface area contributed by atoms with Gasteiger partial charge in [-0.25, -0.2) is 22.0 Å². The first-order valence-corrected chi connectivity index (χ1v) is 9.63. The van der Waals surface area contributed by atoms with Gasteiger partial charge in [-0.1, -0.05) is 31.2 Å². The molecule has 29 heavy (non-hydrogen) atoms. The van der Waals surface area contributed by atoms with Crippen molar-refractivity contribution in [3.05, 3.63) is 93.8 Å². The molecule has 0 aromatic heterocycles. The van der Waals surface area contributed by atoms with Crippen molar-refractivity contribution in [3.63, 3.8) is 0 Å². The summed E-state index contributed by atoms with van der Waals surface area (Å²) in [6.07, 6.45) is 1.33. The first-order valence-electron chi connectivity index (χ1n) is 9.63. The lowest BCUT2D eigenvalue weighted by Crippen LogP contribution is -2.19. The summed E-state index contributed by atoms with van der Waals surface area (Å²) in [6.45, 7) is 1.92. The largest absolute Gasteiger partial charge is 0.207 e. The second-order valence-corrected chi connectivity index (χ2v) is 7.43. The lowest BCUT2D eigenvalue weighted by Gasteiger charge is -2.27. The number of halogens is 5. The van der Waals surface area contributed by atoms with E-state index < -0.39 is 28.8 Å². The zero-order chi connectivity index (χ0) is 20.7. The van der Waals surface area contributed by atoms with E-state index in [0.717, 1.165) is 17.7 Å². The van der Waals surface area contributed by atoms with Gasteiger partial charge in [0.2, 0.25) is 0 Å². The summed E-state index contributed by atoms with van der Waals surface area (Å²) >= 11 is 0. The molecule has 1 aliphatic rings. The van der Waals surface area contributed by atoms with E-state index in [-0.39, 0.29) is 41.3 Å². The van der Waals surface area contributed by atoms with Gasteiger partial charge in [0, 0.05) is 0 Å². The molecule has 0 radical (unpaired) electrons. The molecule has 1 unspecified atom stereocenters. The normalized spacial score (nSPS) is 16.0. The maximum Gasteiger partial charge on any atom is 0.169 e. The number of fused-ring (bicyclic) bond motifs is 1. The molecule has 1 atom stereocenters. The number of benzene rings is 3. The standard InChI is InChI=1S/C24H19F5/c1-2-13-3-9-17(20(26)11-13)15-6-10-18-19(12-15)23(28)24(29)21(22(18)27)14-4-7-16(25)8-5-14/h3-5,7-9,11,15H,2,6,10,12H2,1H3. The van der Waals surface area contributed by atoms with Crippen LogP contribution >= 0.6 is 0 Å². The molecule has 0 saturated heterocycles. The molecule has 4 rings (SSSR count). The van der Waals surface area contributed by atoms with Gasteiger partial charge in [0.15, 0.2) is 11.6 Å². The van der Waals surface area contributed by atoms with E-state index in [1.807, 2.05) is 13.0 Å². The third kappa shape index (κ3) is 3.43. The highest BCUT2D eigenvalue weighted by Crippen LogP contribution is 2.40. The Hall–Kier alpha value is -2.69. The summed E-state index contributed by atoms with van der Waals surface area (Å²) in [4.78, 5) is 0. The summed E-state index contributed by atoms with van der Waals surface area (Å²) < 4.78 is 72.4. The van der Waals surface area contributed by atoms with Crippen molar-refractivity contribution >= 4 is 0 Å². The van der Waals surface area contributed by atoms with Crippen LogP contribution in [0.15, 0.2) is 42.5 Å². The van der Waals surface area contributed by atoms with Gasteiger partial charge in [0.1, 0.15) is 17.5 Å². The molecule has 0 N–H and O–H groups in total. The molecule has 0 fully saturated rings. The van der Waals surface area contributed by atoms with Crippen LogP contribution in [0.3, 0.4) is 0 Å². The fourth-order valence-electron chi connectivity index (χ4n) is 4.15. The Morgan fingerprint density at radius 3 is 2.21 bits per heavy atom. The van der Waals surface area contributed by atoms with Crippen LogP contribution in [-0.2, 0) is 19.3 Å². The van der Waals surface area contributed by atoms with Crippen LogP contribution in [0.2, 0.25) is 0 Å². The van der Waals surface area contributed by atoms with Gasteiger partial charge in [0.05, 0.1) is 5.56 Å². The van der Waals surface area contributed by atoms with Gasteiger partial charge >= 0.3 is 0 Å². The minimum atomic E-state index is -1.30. The molecule has 0 bridgehead atoms. The molecule has 0 saturated carbocycles. The Labute approximate surface area is 166 Å². The van der Waals surface area contributed by atoms with Crippen molar-refractivity contribution in [1.82, 2.24) is 0 Å². The zero-order valence-electron chi connectivity index (χ0n) is 15.8. The summed E-state index contributed by atoms with van der Waals surface area (Å²) in [6, 6.07) is 9.55. The maximum atomic E-state index is 15.1. The van der Waals surface area contributed by atoms with Crippen molar-refractivity contribution in [2.75, 3.05) is 0 Å². The molecule has 0 aliphatic heterocycles. The van der Waals surface area contributed by atoms with Crippen molar-refractivity contribution in [2.24, 2.45) is 0 Å². The molecule has 150 valence electrons. The fourth-order valence-corrected chi connectivity index (χ4v) is 4.15. The predicted molar refractivity (Wildman–Crippen MR) is 102 cm³/mol. The summed E-state index contributed by atoms with van der Waals surface area (Å²) in [5, 5.41) is 0. The molecule has 0 spiro atoms. The Morgan fingerprint density at radius 1 is 0.828 bits per heavy atom. The molecular weight excluding hydrogens is 383 g/mol. The van der Waals surface area contributed by atoms with Crippen molar-refractivity contribution in [3.8, 4) is 11.1 Å². The SMILES string of the molecule is CCc1ccc(C2CCc3c(F)c(-c4ccc(F)cc4)c(F)c(F)c3C2)c(F)c1. The second kappa shape index (κ2) is 7.62. The summed E-state index contributed by atoms with van der Waals surface area (Å²) in [7, 11) is 0. The summed E-state index contributed by atoms with van der Waals surface area (Å²) in [5.74, 6) is -4.51. The van der Waals surface area contributed by atoms with E-state index in [1.165, 1.54) is 18.2 Å². The Balaban J connectivity index is 1.76. The average Bonchev–Trinajstić information content (AvgIpc) is 2.73. The maximum absolute atomic E-state index is 15.1. The minimum Gasteiger partial charge on any atom is -0.207 e. The monoisotopic (exact) mass is 402 g/mol. The molecule has 3 aromatic carbocycles. The Kier molecular flexibility index (Phi) is 5.15. The van der Waals surface area contributed by atoms with Crippen molar-refractivity contribution in [2.45, 2.75) is 38.5 Å². The molecule has 0 heterocycles. The highest BCUT2D eigenvalue weighted by molar-refractivity contribution is 5.67. The molecule has 0 amide bonds. The zero-order valence-corrected chi connectivity index (χ0v) is 15.8. The van der Waals surface area contributed by atoms with Crippen LogP contribution in [0.25, 0.3) is 11.1 Å². The van der Waals surface area contributed by atoms with Gasteiger partial charge in [-0.15, -0.1) is 0 Å². The van der Waals surface area contributed by atoms with Gasteiger partial charge < -0.3 is 0 Å². The van der Waals surface area contributed by atoms with Gasteiger partial charge in [0.25, 0.3) is 0 Å². The molecule has 3 aromatic rings. The quantitative estimate of drug-likeness (QED) is 0.331. The van der Waals surface area contributed by atoms with Crippen molar-refractivity contribution in [1.29, 1.82) is 0 Å². The highest BCUT2D eigenvalue weighted by Gasteiger charge is 2.31. The number of hydrogen-bond acceptors (Lipinski definition) is 0. The molecule has 5 heteroatoms. The van der Waals surface area contributed by atoms with Gasteiger partial charge in [-0.2, -0.15) is 0 Å². The Morgan fingerprint density at radius 2 is 1.55 bits per heavy atom. The second-order valence-electron chi connectivity index (χ2n) is 7.43. The third-order valence-electron chi connectivity index (χ3n) is 5.77. The highest BCUT2D eigenvalue weighted by atomic mass is 19.2. The van der Waals surface area contributed by atoms with Crippen LogP contribution in [0.1, 0.15) is 41.5 Å². The van der Waals surface area contributed by atoms with Crippen LogP contribution in [0.4, 0.5) is 22.0 Å². The first-order chi connectivity index (χ1) is 13.9. The summed E-state index contributed by atoms with van der Waals surface area (Å²) in [5.41, 5.74) is 0.959. The van der Waals surface area contributed by atoms with Crippen LogP contribution in [-0.4, -0.2) is 0 Å². The third-order valence-corrected chi connectivity index (χ3v) is 5.77. The van der Waals surface area contributed by atoms with Crippen LogP contribution in [0, 0.1) is 29.1 Å². The smallest absolute Gasteiger partial charge is 0.169 e. The van der Waals surface area contributed by atoms with E-state index in [9.17, 15) is 17.6 Å². The minimum absolute atomic E-state index is 0.0289. The van der Waals surface area contributed by atoms with E-state index >= 15 is 4.39 Å². The molecular formula is C24H19F5. The van der Waals surface area contributed by atoms with Crippen LogP contribution < -0.4 is 0 Å². The Bertz CT molecular complexity index is 1070. The lowest BCUT2D eigenvalue weighted by molar-refractivity contribution is 0.453. The number of aryl methyl sites for hydroxylation is 1. The van der Waals surface area contributed by atoms with Gasteiger partial charge in [-0.3, -0.25) is 0 Å². The van der Waals surface area contributed by atoms with E-state index in [2.05, 4.69) is 0 Å².